The predicted octanol–water partition coefficient (Wildman–Crippen LogP) is 0.468. The summed E-state index contributed by atoms with van der Waals surface area (Å²) in [5.74, 6) is -0.840. The topological polar surface area (TPSA) is 91.9 Å². The number of benzene rings is 1. The van der Waals surface area contributed by atoms with E-state index in [0.717, 1.165) is 10.1 Å². The Morgan fingerprint density at radius 3 is 2.48 bits per heavy atom. The van der Waals surface area contributed by atoms with Crippen molar-refractivity contribution >= 4 is 0 Å². The van der Waals surface area contributed by atoms with Gasteiger partial charge in [-0.25, -0.2) is 4.79 Å². The van der Waals surface area contributed by atoms with E-state index in [1.54, 1.807) is 13.8 Å². The number of hydrogen-bond donors (Lipinski definition) is 1. The van der Waals surface area contributed by atoms with E-state index in [1.807, 2.05) is 30.3 Å². The molecule has 4 atom stereocenters. The molecule has 1 aromatic heterocycles. The van der Waals surface area contributed by atoms with Gasteiger partial charge in [0.2, 0.25) is 0 Å². The maximum atomic E-state index is 13.0. The van der Waals surface area contributed by atoms with Gasteiger partial charge in [0.1, 0.15) is 18.3 Å². The van der Waals surface area contributed by atoms with E-state index < -0.39 is 41.6 Å². The monoisotopic (exact) mass is 374 g/mol. The Kier molecular flexibility index (Phi) is 4.51. The minimum atomic E-state index is -0.840. The fraction of sp³-hybridized carbons (Fsp3) is 0.474. The van der Waals surface area contributed by atoms with Crippen molar-refractivity contribution in [1.82, 2.24) is 9.13 Å². The lowest BCUT2D eigenvalue weighted by atomic mass is 10.1. The third kappa shape index (κ3) is 3.25. The van der Waals surface area contributed by atoms with Gasteiger partial charge in [-0.1, -0.05) is 30.3 Å². The second-order valence-electron chi connectivity index (χ2n) is 7.23. The van der Waals surface area contributed by atoms with Crippen LogP contribution >= 0.6 is 0 Å². The predicted molar refractivity (Wildman–Crippen MR) is 95.3 cm³/mol. The Balaban J connectivity index is 1.71. The number of ether oxygens (including phenoxy) is 3. The van der Waals surface area contributed by atoms with Crippen LogP contribution in [-0.4, -0.2) is 44.9 Å². The largest absolute Gasteiger partial charge is 0.394 e. The number of rotatable bonds is 4. The van der Waals surface area contributed by atoms with Gasteiger partial charge >= 0.3 is 5.69 Å². The molecule has 4 rings (SSSR count). The molecule has 0 spiro atoms. The molecule has 0 amide bonds. The highest BCUT2D eigenvalue weighted by Gasteiger charge is 2.55. The van der Waals surface area contributed by atoms with Crippen LogP contribution in [0.5, 0.6) is 0 Å². The number of fused-ring (bicyclic) bond motifs is 1. The van der Waals surface area contributed by atoms with Crippen molar-refractivity contribution in [2.45, 2.75) is 50.7 Å². The second kappa shape index (κ2) is 6.72. The van der Waals surface area contributed by atoms with Gasteiger partial charge in [0.25, 0.3) is 5.56 Å². The van der Waals surface area contributed by atoms with Gasteiger partial charge in [0.15, 0.2) is 12.0 Å². The zero-order valence-electron chi connectivity index (χ0n) is 15.1. The standard InChI is InChI=1S/C19H22N2O6/c1-19(2)26-15-13(11-22)25-17(16(15)27-19)20-9-8-14(23)21(18(20)24)10-12-6-4-3-5-7-12/h3-9,13,15-17,22H,10-11H2,1-2H3/t13-,15?,16?,17-/m1/s1. The van der Waals surface area contributed by atoms with Crippen LogP contribution in [-0.2, 0) is 20.8 Å². The lowest BCUT2D eigenvalue weighted by Crippen LogP contribution is -2.43. The van der Waals surface area contributed by atoms with E-state index in [4.69, 9.17) is 14.2 Å². The van der Waals surface area contributed by atoms with Crippen molar-refractivity contribution in [2.75, 3.05) is 6.61 Å². The average Bonchev–Trinajstić information content (AvgIpc) is 3.12. The van der Waals surface area contributed by atoms with Gasteiger partial charge in [0.05, 0.1) is 13.2 Å². The van der Waals surface area contributed by atoms with Crippen molar-refractivity contribution in [2.24, 2.45) is 0 Å². The molecule has 27 heavy (non-hydrogen) atoms. The van der Waals surface area contributed by atoms with Crippen LogP contribution in [0.15, 0.2) is 52.2 Å². The third-order valence-electron chi connectivity index (χ3n) is 4.86. The summed E-state index contributed by atoms with van der Waals surface area (Å²) < 4.78 is 20.1. The maximum Gasteiger partial charge on any atom is 0.333 e. The minimum Gasteiger partial charge on any atom is -0.394 e. The molecule has 2 aliphatic heterocycles. The molecular formula is C19H22N2O6. The van der Waals surface area contributed by atoms with E-state index in [-0.39, 0.29) is 13.2 Å². The molecule has 0 saturated carbocycles. The molecule has 0 aliphatic carbocycles. The molecule has 2 unspecified atom stereocenters. The van der Waals surface area contributed by atoms with Gasteiger partial charge in [-0.2, -0.15) is 0 Å². The second-order valence-corrected chi connectivity index (χ2v) is 7.23. The third-order valence-corrected chi connectivity index (χ3v) is 4.86. The molecule has 144 valence electrons. The summed E-state index contributed by atoms with van der Waals surface area (Å²) in [6.07, 6.45) is -1.04. The SMILES string of the molecule is CC1(C)OC2C(O1)[C@@H](CO)O[C@H]2n1ccc(=O)n(Cc2ccccc2)c1=O. The Morgan fingerprint density at radius 1 is 1.07 bits per heavy atom. The zero-order chi connectivity index (χ0) is 19.2. The summed E-state index contributed by atoms with van der Waals surface area (Å²) in [7, 11) is 0. The smallest absolute Gasteiger partial charge is 0.333 e. The van der Waals surface area contributed by atoms with E-state index >= 15 is 0 Å². The van der Waals surface area contributed by atoms with Gasteiger partial charge in [-0.3, -0.25) is 13.9 Å². The first-order valence-corrected chi connectivity index (χ1v) is 8.87. The zero-order valence-corrected chi connectivity index (χ0v) is 15.1. The van der Waals surface area contributed by atoms with Gasteiger partial charge in [0, 0.05) is 12.3 Å². The summed E-state index contributed by atoms with van der Waals surface area (Å²) in [4.78, 5) is 25.3. The lowest BCUT2D eigenvalue weighted by Gasteiger charge is -2.24. The first-order valence-electron chi connectivity index (χ1n) is 8.87. The molecular weight excluding hydrogens is 352 g/mol. The highest BCUT2D eigenvalue weighted by atomic mass is 16.8. The van der Waals surface area contributed by atoms with Crippen LogP contribution in [0.2, 0.25) is 0 Å². The molecule has 3 heterocycles. The average molecular weight is 374 g/mol. The molecule has 1 aromatic carbocycles. The van der Waals surface area contributed by atoms with Gasteiger partial charge in [-0.05, 0) is 19.4 Å². The number of aromatic nitrogens is 2. The summed E-state index contributed by atoms with van der Waals surface area (Å²) in [6, 6.07) is 10.6. The first kappa shape index (κ1) is 18.1. The van der Waals surface area contributed by atoms with E-state index in [2.05, 4.69) is 0 Å². The highest BCUT2D eigenvalue weighted by molar-refractivity contribution is 5.15. The first-order chi connectivity index (χ1) is 12.9. The van der Waals surface area contributed by atoms with Gasteiger partial charge < -0.3 is 19.3 Å². The van der Waals surface area contributed by atoms with Crippen molar-refractivity contribution in [1.29, 1.82) is 0 Å². The molecule has 0 bridgehead atoms. The fourth-order valence-corrected chi connectivity index (χ4v) is 3.67. The molecule has 8 heteroatoms. The Hall–Kier alpha value is -2.26. The number of nitrogens with zero attached hydrogens (tertiary/aromatic N) is 2. The summed E-state index contributed by atoms with van der Waals surface area (Å²) in [6.45, 7) is 3.45. The quantitative estimate of drug-likeness (QED) is 0.836. The van der Waals surface area contributed by atoms with Crippen molar-refractivity contribution in [3.63, 3.8) is 0 Å². The van der Waals surface area contributed by atoms with Crippen LogP contribution in [0.3, 0.4) is 0 Å². The molecule has 0 radical (unpaired) electrons. The number of hydrogen-bond acceptors (Lipinski definition) is 6. The molecule has 8 nitrogen and oxygen atoms in total. The van der Waals surface area contributed by atoms with Crippen LogP contribution in [0.1, 0.15) is 25.6 Å². The van der Waals surface area contributed by atoms with E-state index in [1.165, 1.54) is 16.8 Å². The van der Waals surface area contributed by atoms with Crippen molar-refractivity contribution in [3.05, 3.63) is 69.0 Å². The Labute approximate surface area is 155 Å². The molecule has 1 N–H and O–H groups in total. The van der Waals surface area contributed by atoms with Crippen LogP contribution in [0.4, 0.5) is 0 Å². The van der Waals surface area contributed by atoms with Gasteiger partial charge in [-0.15, -0.1) is 0 Å². The van der Waals surface area contributed by atoms with Crippen LogP contribution < -0.4 is 11.2 Å². The molecule has 2 aliphatic rings. The molecule has 2 saturated heterocycles. The number of aliphatic hydroxyl groups is 1. The highest BCUT2D eigenvalue weighted by Crippen LogP contribution is 2.42. The van der Waals surface area contributed by atoms with Crippen molar-refractivity contribution < 1.29 is 19.3 Å². The minimum absolute atomic E-state index is 0.159. The van der Waals surface area contributed by atoms with E-state index in [9.17, 15) is 14.7 Å². The maximum absolute atomic E-state index is 13.0. The van der Waals surface area contributed by atoms with E-state index in [0.29, 0.717) is 0 Å². The molecule has 2 aromatic rings. The van der Waals surface area contributed by atoms with Crippen molar-refractivity contribution in [3.8, 4) is 0 Å². The normalized spacial score (nSPS) is 29.0. The summed E-state index contributed by atoms with van der Waals surface area (Å²) in [5.41, 5.74) is -0.0474. The fourth-order valence-electron chi connectivity index (χ4n) is 3.67. The molecule has 2 fully saturated rings. The summed E-state index contributed by atoms with van der Waals surface area (Å²) >= 11 is 0. The Bertz CT molecular complexity index is 935. The van der Waals surface area contributed by atoms with Crippen LogP contribution in [0.25, 0.3) is 0 Å². The Morgan fingerprint density at radius 2 is 1.78 bits per heavy atom. The summed E-state index contributed by atoms with van der Waals surface area (Å²) in [5, 5.41) is 9.61. The lowest BCUT2D eigenvalue weighted by molar-refractivity contribution is -0.200. The van der Waals surface area contributed by atoms with Crippen LogP contribution in [0, 0.1) is 0 Å². The number of aliphatic hydroxyl groups excluding tert-OH is 1.